The Morgan fingerprint density at radius 1 is 1.15 bits per heavy atom. The molecule has 0 amide bonds. The first-order valence-electron chi connectivity index (χ1n) is 10.4. The van der Waals surface area contributed by atoms with Gasteiger partial charge in [0.2, 0.25) is 0 Å². The Bertz CT molecular complexity index is 579. The molecular formula is C21H36O2S2Si. The Balaban J connectivity index is 1.70. The molecule has 3 aliphatic carbocycles. The minimum Gasteiger partial charge on any atom is -0.413 e. The van der Waals surface area contributed by atoms with E-state index in [1.54, 1.807) is 0 Å². The molecule has 26 heavy (non-hydrogen) atoms. The van der Waals surface area contributed by atoms with Crippen molar-refractivity contribution in [3.63, 3.8) is 0 Å². The third-order valence-electron chi connectivity index (χ3n) is 8.01. The van der Waals surface area contributed by atoms with Gasteiger partial charge in [-0.05, 0) is 73.6 Å². The summed E-state index contributed by atoms with van der Waals surface area (Å²) in [5, 5.41) is 10.6. The summed E-state index contributed by atoms with van der Waals surface area (Å²) in [6.45, 7) is 11.9. The average Bonchev–Trinajstić information content (AvgIpc) is 3.01. The van der Waals surface area contributed by atoms with E-state index in [1.807, 2.05) is 0 Å². The molecule has 4 rings (SSSR count). The van der Waals surface area contributed by atoms with Crippen LogP contribution < -0.4 is 0 Å². The third kappa shape index (κ3) is 2.90. The van der Waals surface area contributed by atoms with Crippen molar-refractivity contribution in [1.82, 2.24) is 0 Å². The van der Waals surface area contributed by atoms with Crippen molar-refractivity contribution in [3.05, 3.63) is 12.2 Å². The van der Waals surface area contributed by atoms with E-state index < -0.39 is 8.32 Å². The molecule has 5 heteroatoms. The molecule has 0 aromatic rings. The molecule has 1 N–H and O–H groups in total. The maximum atomic E-state index is 10.4. The third-order valence-corrected chi connectivity index (χ3v) is 16.1. The van der Waals surface area contributed by atoms with Crippen molar-refractivity contribution in [3.8, 4) is 0 Å². The van der Waals surface area contributed by atoms with E-state index in [4.69, 9.17) is 4.43 Å². The zero-order chi connectivity index (χ0) is 18.8. The molecular weight excluding hydrogens is 376 g/mol. The molecule has 4 aliphatic rings. The summed E-state index contributed by atoms with van der Waals surface area (Å²) >= 11 is 4.48. The first kappa shape index (κ1) is 19.9. The monoisotopic (exact) mass is 412 g/mol. The van der Waals surface area contributed by atoms with E-state index in [1.165, 1.54) is 37.2 Å². The van der Waals surface area contributed by atoms with E-state index in [2.05, 4.69) is 69.5 Å². The van der Waals surface area contributed by atoms with Gasteiger partial charge >= 0.3 is 0 Å². The molecule has 2 saturated carbocycles. The van der Waals surface area contributed by atoms with Gasteiger partial charge in [-0.3, -0.25) is 0 Å². The zero-order valence-corrected chi connectivity index (χ0v) is 19.7. The number of aliphatic hydroxyl groups is 1. The lowest BCUT2D eigenvalue weighted by Crippen LogP contribution is -2.50. The van der Waals surface area contributed by atoms with Gasteiger partial charge in [0.1, 0.15) is 0 Å². The highest BCUT2D eigenvalue weighted by molar-refractivity contribution is 8.18. The van der Waals surface area contributed by atoms with Crippen LogP contribution >= 0.6 is 23.5 Å². The highest BCUT2D eigenvalue weighted by Gasteiger charge is 2.68. The van der Waals surface area contributed by atoms with Crippen LogP contribution in [0.25, 0.3) is 0 Å². The van der Waals surface area contributed by atoms with Crippen molar-refractivity contribution >= 4 is 31.8 Å². The van der Waals surface area contributed by atoms with Crippen LogP contribution in [0.2, 0.25) is 18.1 Å². The number of thioether (sulfide) groups is 2. The van der Waals surface area contributed by atoms with E-state index in [9.17, 15) is 5.11 Å². The predicted molar refractivity (Wildman–Crippen MR) is 117 cm³/mol. The molecule has 1 heterocycles. The summed E-state index contributed by atoms with van der Waals surface area (Å²) in [5.74, 6) is 3.93. The number of fused-ring (bicyclic) bond motifs is 1. The van der Waals surface area contributed by atoms with Gasteiger partial charge in [-0.1, -0.05) is 32.9 Å². The topological polar surface area (TPSA) is 29.5 Å². The molecule has 1 aliphatic heterocycles. The first-order chi connectivity index (χ1) is 12.1. The Hall–Kier alpha value is 0.577. The highest BCUT2D eigenvalue weighted by atomic mass is 32.2. The van der Waals surface area contributed by atoms with E-state index >= 15 is 0 Å². The standard InChI is InChI=1S/C21H36O2S2Si/c1-19(2,3)26(4,5)23-18-8-7-17-20(18)10-9-16(22)13-15(20)14-21(17)24-11-6-12-25-21/h9-10,15-18,22H,6-8,11-14H2,1-5H3/t15-,16-,17-,18+,20+/m0/s1. The van der Waals surface area contributed by atoms with Crippen molar-refractivity contribution in [1.29, 1.82) is 0 Å². The fraction of sp³-hybridized carbons (Fsp3) is 0.905. The Morgan fingerprint density at radius 3 is 2.50 bits per heavy atom. The fourth-order valence-electron chi connectivity index (χ4n) is 5.75. The molecule has 5 atom stereocenters. The number of hydrogen-bond acceptors (Lipinski definition) is 4. The van der Waals surface area contributed by atoms with Gasteiger partial charge in [0.05, 0.1) is 16.3 Å². The Kier molecular flexibility index (Phi) is 5.00. The Morgan fingerprint density at radius 2 is 1.85 bits per heavy atom. The van der Waals surface area contributed by atoms with Gasteiger partial charge in [0, 0.05) is 5.41 Å². The second-order valence-corrected chi connectivity index (χ2v) is 18.3. The molecule has 0 unspecified atom stereocenters. The summed E-state index contributed by atoms with van der Waals surface area (Å²) in [4.78, 5) is 0. The molecule has 148 valence electrons. The normalized spacial score (nSPS) is 42.1. The van der Waals surface area contributed by atoms with Crippen LogP contribution in [0.4, 0.5) is 0 Å². The smallest absolute Gasteiger partial charge is 0.192 e. The largest absolute Gasteiger partial charge is 0.413 e. The zero-order valence-electron chi connectivity index (χ0n) is 17.1. The number of hydrogen-bond donors (Lipinski definition) is 1. The van der Waals surface area contributed by atoms with E-state index in [-0.39, 0.29) is 16.6 Å². The van der Waals surface area contributed by atoms with E-state index in [0.717, 1.165) is 6.42 Å². The van der Waals surface area contributed by atoms with Gasteiger partial charge in [-0.2, -0.15) is 0 Å². The lowest BCUT2D eigenvalue weighted by atomic mass is 9.67. The highest BCUT2D eigenvalue weighted by Crippen LogP contribution is 2.72. The summed E-state index contributed by atoms with van der Waals surface area (Å²) in [7, 11) is -1.80. The maximum absolute atomic E-state index is 10.4. The molecule has 0 radical (unpaired) electrons. The molecule has 2 spiro atoms. The van der Waals surface area contributed by atoms with Gasteiger partial charge in [0.15, 0.2) is 8.32 Å². The second-order valence-electron chi connectivity index (χ2n) is 10.4. The summed E-state index contributed by atoms with van der Waals surface area (Å²) in [6.07, 6.45) is 10.7. The van der Waals surface area contributed by atoms with Crippen LogP contribution in [0, 0.1) is 17.3 Å². The lowest BCUT2D eigenvalue weighted by Gasteiger charge is -2.47. The van der Waals surface area contributed by atoms with Gasteiger partial charge in [-0.15, -0.1) is 23.5 Å². The van der Waals surface area contributed by atoms with Crippen LogP contribution in [0.1, 0.15) is 52.9 Å². The minimum atomic E-state index is -1.80. The summed E-state index contributed by atoms with van der Waals surface area (Å²) in [6, 6.07) is 0. The minimum absolute atomic E-state index is 0.173. The van der Waals surface area contributed by atoms with Crippen LogP contribution in [-0.2, 0) is 4.43 Å². The SMILES string of the molecule is CC(C)(C)[Si](C)(C)O[C@@H]1CC[C@@H]2C3(C[C@@H]4C[C@@H](O)C=C[C@@]421)SCCCS3. The van der Waals surface area contributed by atoms with Crippen molar-refractivity contribution in [2.24, 2.45) is 17.3 Å². The van der Waals surface area contributed by atoms with Crippen LogP contribution in [-0.4, -0.2) is 41.2 Å². The van der Waals surface area contributed by atoms with Crippen molar-refractivity contribution < 1.29 is 9.53 Å². The fourth-order valence-corrected chi connectivity index (χ4v) is 11.1. The summed E-state index contributed by atoms with van der Waals surface area (Å²) in [5.41, 5.74) is 0.173. The average molecular weight is 413 g/mol. The Labute approximate surface area is 169 Å². The molecule has 0 aromatic heterocycles. The van der Waals surface area contributed by atoms with Crippen LogP contribution in [0.5, 0.6) is 0 Å². The van der Waals surface area contributed by atoms with Crippen molar-refractivity contribution in [2.45, 2.75) is 87.3 Å². The van der Waals surface area contributed by atoms with Gasteiger partial charge < -0.3 is 9.53 Å². The van der Waals surface area contributed by atoms with Gasteiger partial charge in [-0.25, -0.2) is 0 Å². The summed E-state index contributed by atoms with van der Waals surface area (Å²) < 4.78 is 7.47. The predicted octanol–water partition coefficient (Wildman–Crippen LogP) is 5.68. The van der Waals surface area contributed by atoms with Crippen molar-refractivity contribution in [2.75, 3.05) is 11.5 Å². The quantitative estimate of drug-likeness (QED) is 0.467. The second kappa shape index (κ2) is 6.55. The van der Waals surface area contributed by atoms with Crippen LogP contribution in [0.3, 0.4) is 0 Å². The molecule has 3 fully saturated rings. The molecule has 2 nitrogen and oxygen atoms in total. The van der Waals surface area contributed by atoms with Gasteiger partial charge in [0.25, 0.3) is 0 Å². The molecule has 0 bridgehead atoms. The first-order valence-corrected chi connectivity index (χ1v) is 15.3. The maximum Gasteiger partial charge on any atom is 0.192 e. The molecule has 1 saturated heterocycles. The lowest BCUT2D eigenvalue weighted by molar-refractivity contribution is 0.0245. The number of rotatable bonds is 2. The molecule has 0 aromatic carbocycles. The van der Waals surface area contributed by atoms with Crippen LogP contribution in [0.15, 0.2) is 12.2 Å². The van der Waals surface area contributed by atoms with E-state index in [0.29, 0.717) is 22.0 Å². The number of aliphatic hydroxyl groups excluding tert-OH is 1.